The van der Waals surface area contributed by atoms with Gasteiger partial charge in [0.05, 0.1) is 13.2 Å². The molecule has 0 aliphatic rings. The van der Waals surface area contributed by atoms with Gasteiger partial charge in [0.15, 0.2) is 0 Å². The third-order valence-electron chi connectivity index (χ3n) is 2.54. The van der Waals surface area contributed by atoms with E-state index in [1.807, 2.05) is 18.2 Å². The summed E-state index contributed by atoms with van der Waals surface area (Å²) in [6, 6.07) is 10.1. The fourth-order valence-corrected chi connectivity index (χ4v) is 2.01. The second kappa shape index (κ2) is 9.95. The highest BCUT2D eigenvalue weighted by Gasteiger charge is 2.11. The summed E-state index contributed by atoms with van der Waals surface area (Å²) in [5.74, 6) is -0.100. The summed E-state index contributed by atoms with van der Waals surface area (Å²) >= 11 is 3.42. The quantitative estimate of drug-likeness (QED) is 0.555. The summed E-state index contributed by atoms with van der Waals surface area (Å²) < 4.78 is 10.0. The lowest BCUT2D eigenvalue weighted by Gasteiger charge is -2.16. The number of alkyl halides is 1. The number of hydrogen-bond acceptors (Lipinski definition) is 3. The number of ether oxygens (including phenoxy) is 2. The zero-order valence-corrected chi connectivity index (χ0v) is 12.7. The van der Waals surface area contributed by atoms with Crippen LogP contribution in [0.15, 0.2) is 30.3 Å². The van der Waals surface area contributed by atoms with Gasteiger partial charge in [0, 0.05) is 18.5 Å². The van der Waals surface area contributed by atoms with Crippen LogP contribution in [0.3, 0.4) is 0 Å². The van der Waals surface area contributed by atoms with Gasteiger partial charge in [-0.15, -0.1) is 0 Å². The molecule has 0 radical (unpaired) electrons. The minimum Gasteiger partial charge on any atom is -0.382 e. The molecule has 1 N–H and O–H groups in total. The minimum absolute atomic E-state index is 0.0703. The van der Waals surface area contributed by atoms with Crippen molar-refractivity contribution in [3.05, 3.63) is 35.9 Å². The topological polar surface area (TPSA) is 47.6 Å². The van der Waals surface area contributed by atoms with Gasteiger partial charge in [0.25, 0.3) is 0 Å². The summed E-state index contributed by atoms with van der Waals surface area (Å²) in [7, 11) is 1.60. The fourth-order valence-electron chi connectivity index (χ4n) is 1.62. The van der Waals surface area contributed by atoms with Crippen molar-refractivity contribution in [2.75, 3.05) is 32.3 Å². The molecule has 106 valence electrons. The Morgan fingerprint density at radius 3 is 2.68 bits per heavy atom. The van der Waals surface area contributed by atoms with E-state index in [1.165, 1.54) is 5.56 Å². The highest BCUT2D eigenvalue weighted by Crippen LogP contribution is 2.05. The number of rotatable bonds is 9. The van der Waals surface area contributed by atoms with Crippen molar-refractivity contribution in [3.8, 4) is 0 Å². The van der Waals surface area contributed by atoms with Crippen LogP contribution >= 0.6 is 15.9 Å². The number of carbonyl (C=O) groups is 1. The Labute approximate surface area is 122 Å². The molecular weight excluding hydrogens is 310 g/mol. The molecule has 0 bridgehead atoms. The lowest BCUT2D eigenvalue weighted by atomic mass is 10.1. The van der Waals surface area contributed by atoms with E-state index >= 15 is 0 Å². The molecule has 0 heterocycles. The van der Waals surface area contributed by atoms with Crippen LogP contribution in [0, 0.1) is 0 Å². The van der Waals surface area contributed by atoms with Gasteiger partial charge in [0.1, 0.15) is 6.61 Å². The Balaban J connectivity index is 2.29. The van der Waals surface area contributed by atoms with Crippen molar-refractivity contribution in [3.63, 3.8) is 0 Å². The zero-order chi connectivity index (χ0) is 13.9. The average molecular weight is 330 g/mol. The molecule has 1 amide bonds. The van der Waals surface area contributed by atoms with E-state index in [1.54, 1.807) is 7.11 Å². The smallest absolute Gasteiger partial charge is 0.246 e. The van der Waals surface area contributed by atoms with E-state index in [2.05, 4.69) is 33.4 Å². The number of hydrogen-bond donors (Lipinski definition) is 1. The first kappa shape index (κ1) is 16.1. The normalized spacial score (nSPS) is 12.1. The van der Waals surface area contributed by atoms with E-state index in [4.69, 9.17) is 9.47 Å². The number of halogens is 1. The third-order valence-corrected chi connectivity index (χ3v) is 3.32. The number of carbonyl (C=O) groups excluding carboxylic acids is 1. The molecule has 1 unspecified atom stereocenters. The monoisotopic (exact) mass is 329 g/mol. The third kappa shape index (κ3) is 7.30. The minimum atomic E-state index is -0.100. The maximum atomic E-state index is 11.7. The highest BCUT2D eigenvalue weighted by molar-refractivity contribution is 9.09. The molecule has 4 nitrogen and oxygen atoms in total. The van der Waals surface area contributed by atoms with E-state index in [0.717, 1.165) is 6.42 Å². The Hall–Kier alpha value is -0.910. The maximum Gasteiger partial charge on any atom is 0.246 e. The summed E-state index contributed by atoms with van der Waals surface area (Å²) in [6.07, 6.45) is 0.801. The van der Waals surface area contributed by atoms with Crippen molar-refractivity contribution < 1.29 is 14.3 Å². The molecule has 0 saturated carbocycles. The molecule has 0 aliphatic heterocycles. The molecule has 19 heavy (non-hydrogen) atoms. The number of nitrogens with one attached hydrogen (secondary N) is 1. The van der Waals surface area contributed by atoms with Gasteiger partial charge in [-0.05, 0) is 12.0 Å². The van der Waals surface area contributed by atoms with Gasteiger partial charge in [0.2, 0.25) is 5.91 Å². The molecule has 0 aliphatic carbocycles. The molecule has 1 rings (SSSR count). The van der Waals surface area contributed by atoms with Crippen LogP contribution in [-0.2, 0) is 20.7 Å². The van der Waals surface area contributed by atoms with E-state index < -0.39 is 0 Å². The number of benzene rings is 1. The van der Waals surface area contributed by atoms with Gasteiger partial charge in [-0.3, -0.25) is 4.79 Å². The van der Waals surface area contributed by atoms with Crippen LogP contribution in [0.25, 0.3) is 0 Å². The van der Waals surface area contributed by atoms with Crippen LogP contribution in [0.5, 0.6) is 0 Å². The van der Waals surface area contributed by atoms with Crippen LogP contribution < -0.4 is 5.32 Å². The van der Waals surface area contributed by atoms with Crippen molar-refractivity contribution >= 4 is 21.8 Å². The Kier molecular flexibility index (Phi) is 8.45. The molecule has 5 heteroatoms. The van der Waals surface area contributed by atoms with Crippen LogP contribution in [0.4, 0.5) is 0 Å². The second-order valence-corrected chi connectivity index (χ2v) is 4.80. The Morgan fingerprint density at radius 1 is 1.32 bits per heavy atom. The number of methoxy groups -OCH3 is 1. The summed E-state index contributed by atoms with van der Waals surface area (Å²) in [5.41, 5.74) is 1.20. The molecule has 0 aromatic heterocycles. The first-order valence-electron chi connectivity index (χ1n) is 6.22. The highest BCUT2D eigenvalue weighted by atomic mass is 79.9. The Bertz CT molecular complexity index is 359. The van der Waals surface area contributed by atoms with Crippen LogP contribution in [0.1, 0.15) is 5.56 Å². The largest absolute Gasteiger partial charge is 0.382 e. The first-order valence-corrected chi connectivity index (χ1v) is 7.34. The van der Waals surface area contributed by atoms with Gasteiger partial charge in [-0.25, -0.2) is 0 Å². The lowest BCUT2D eigenvalue weighted by Crippen LogP contribution is -2.39. The molecule has 0 saturated heterocycles. The van der Waals surface area contributed by atoms with E-state index in [-0.39, 0.29) is 18.6 Å². The van der Waals surface area contributed by atoms with Crippen LogP contribution in [0.2, 0.25) is 0 Å². The first-order chi connectivity index (χ1) is 9.26. The van der Waals surface area contributed by atoms with Crippen LogP contribution in [-0.4, -0.2) is 44.2 Å². The van der Waals surface area contributed by atoms with Gasteiger partial charge in [-0.2, -0.15) is 0 Å². The molecule has 1 aromatic carbocycles. The van der Waals surface area contributed by atoms with E-state index in [9.17, 15) is 4.79 Å². The van der Waals surface area contributed by atoms with Gasteiger partial charge in [-0.1, -0.05) is 46.3 Å². The van der Waals surface area contributed by atoms with E-state index in [0.29, 0.717) is 18.5 Å². The van der Waals surface area contributed by atoms with Crippen molar-refractivity contribution in [2.24, 2.45) is 0 Å². The summed E-state index contributed by atoms with van der Waals surface area (Å²) in [6.45, 7) is 1.00. The fraction of sp³-hybridized carbons (Fsp3) is 0.500. The maximum absolute atomic E-state index is 11.7. The molecule has 1 atom stereocenters. The summed E-state index contributed by atoms with van der Waals surface area (Å²) in [4.78, 5) is 11.7. The second-order valence-electron chi connectivity index (χ2n) is 4.15. The van der Waals surface area contributed by atoms with Crippen molar-refractivity contribution in [1.82, 2.24) is 5.32 Å². The Morgan fingerprint density at radius 2 is 2.05 bits per heavy atom. The SMILES string of the molecule is COCCOCC(=O)NC(CBr)Cc1ccccc1. The van der Waals surface area contributed by atoms with Crippen molar-refractivity contribution in [1.29, 1.82) is 0 Å². The molecule has 0 spiro atoms. The summed E-state index contributed by atoms with van der Waals surface area (Å²) in [5, 5.41) is 3.65. The predicted octanol–water partition coefficient (Wildman–Crippen LogP) is 1.77. The number of amides is 1. The predicted molar refractivity (Wildman–Crippen MR) is 78.6 cm³/mol. The molecular formula is C14H20BrNO3. The molecule has 0 fully saturated rings. The van der Waals surface area contributed by atoms with Gasteiger partial charge < -0.3 is 14.8 Å². The van der Waals surface area contributed by atoms with Gasteiger partial charge >= 0.3 is 0 Å². The standard InChI is InChI=1S/C14H20BrNO3/c1-18-7-8-19-11-14(17)16-13(10-15)9-12-5-3-2-4-6-12/h2-6,13H,7-11H2,1H3,(H,16,17). The van der Waals surface area contributed by atoms with Crippen molar-refractivity contribution in [2.45, 2.75) is 12.5 Å². The average Bonchev–Trinajstić information content (AvgIpc) is 2.44. The zero-order valence-electron chi connectivity index (χ0n) is 11.1. The molecule has 1 aromatic rings. The lowest BCUT2D eigenvalue weighted by molar-refractivity contribution is -0.126.